The van der Waals surface area contributed by atoms with Gasteiger partial charge in [0.15, 0.2) is 0 Å². The first kappa shape index (κ1) is 19.7. The van der Waals surface area contributed by atoms with Crippen molar-refractivity contribution in [2.45, 2.75) is 39.3 Å². The number of aliphatic hydroxyl groups excluding tert-OH is 1. The lowest BCUT2D eigenvalue weighted by molar-refractivity contribution is 0.0867. The molecule has 4 rings (SSSR count). The van der Waals surface area contributed by atoms with Crippen LogP contribution in [0.3, 0.4) is 0 Å². The Kier molecular flexibility index (Phi) is 6.18. The zero-order chi connectivity index (χ0) is 19.4. The molecule has 0 bridgehead atoms. The quantitative estimate of drug-likeness (QED) is 0.797. The zero-order valence-electron chi connectivity index (χ0n) is 16.8. The van der Waals surface area contributed by atoms with E-state index in [2.05, 4.69) is 65.0 Å². The maximum Gasteiger partial charge on any atom is 0.104 e. The van der Waals surface area contributed by atoms with Gasteiger partial charge >= 0.3 is 0 Å². The number of benzene rings is 1. The average Bonchev–Trinajstić information content (AvgIpc) is 3.27. The highest BCUT2D eigenvalue weighted by atomic mass is 32.1. The van der Waals surface area contributed by atoms with E-state index in [1.807, 2.05) is 0 Å². The highest BCUT2D eigenvalue weighted by Gasteiger charge is 2.41. The Balaban J connectivity index is 1.34. The molecule has 1 atom stereocenters. The molecule has 0 radical (unpaired) electrons. The number of likely N-dealkylation sites (tertiary alicyclic amines) is 2. The van der Waals surface area contributed by atoms with Crippen LogP contribution < -0.4 is 0 Å². The second-order valence-corrected chi connectivity index (χ2v) is 9.66. The summed E-state index contributed by atoms with van der Waals surface area (Å²) in [5.74, 6) is 5.77. The molecule has 2 aliphatic rings. The van der Waals surface area contributed by atoms with Crippen molar-refractivity contribution in [2.75, 3.05) is 32.8 Å². The monoisotopic (exact) mass is 394 g/mol. The van der Waals surface area contributed by atoms with Gasteiger partial charge in [-0.25, -0.2) is 0 Å². The van der Waals surface area contributed by atoms with Gasteiger partial charge < -0.3 is 5.11 Å². The van der Waals surface area contributed by atoms with E-state index in [1.54, 1.807) is 11.3 Å². The lowest BCUT2D eigenvalue weighted by atomic mass is 9.79. The molecule has 2 aromatic rings. The third-order valence-electron chi connectivity index (χ3n) is 6.08. The second kappa shape index (κ2) is 8.80. The third kappa shape index (κ3) is 4.85. The van der Waals surface area contributed by atoms with Gasteiger partial charge in [0.1, 0.15) is 6.61 Å². The van der Waals surface area contributed by atoms with Gasteiger partial charge in [-0.3, -0.25) is 9.80 Å². The number of aliphatic hydroxyl groups is 1. The highest BCUT2D eigenvalue weighted by Crippen LogP contribution is 2.40. The molecule has 28 heavy (non-hydrogen) atoms. The van der Waals surface area contributed by atoms with Crippen molar-refractivity contribution in [3.8, 4) is 11.8 Å². The van der Waals surface area contributed by atoms with E-state index in [1.165, 1.54) is 61.4 Å². The van der Waals surface area contributed by atoms with Crippen LogP contribution >= 0.6 is 11.3 Å². The molecule has 1 aromatic heterocycles. The van der Waals surface area contributed by atoms with Gasteiger partial charge in [0, 0.05) is 31.1 Å². The van der Waals surface area contributed by atoms with Crippen LogP contribution in [0, 0.1) is 24.2 Å². The predicted molar refractivity (Wildman–Crippen MR) is 116 cm³/mol. The number of rotatable bonds is 4. The largest absolute Gasteiger partial charge is 0.384 e. The Hall–Kier alpha value is -1.64. The minimum Gasteiger partial charge on any atom is -0.384 e. The molecule has 1 unspecified atom stereocenters. The van der Waals surface area contributed by atoms with Gasteiger partial charge in [0.25, 0.3) is 0 Å². The smallest absolute Gasteiger partial charge is 0.104 e. The fourth-order valence-corrected chi connectivity index (χ4v) is 5.81. The van der Waals surface area contributed by atoms with Crippen molar-refractivity contribution in [3.63, 3.8) is 0 Å². The Bertz CT molecular complexity index is 865. The molecular formula is C24H30N2OS. The average molecular weight is 395 g/mol. The summed E-state index contributed by atoms with van der Waals surface area (Å²) in [6.45, 7) is 9.11. The van der Waals surface area contributed by atoms with Crippen LogP contribution in [0.1, 0.15) is 40.1 Å². The predicted octanol–water partition coefficient (Wildman–Crippen LogP) is 3.89. The maximum absolute atomic E-state index is 8.85. The van der Waals surface area contributed by atoms with E-state index in [0.717, 1.165) is 18.0 Å². The van der Waals surface area contributed by atoms with Gasteiger partial charge in [-0.05, 0) is 62.4 Å². The molecule has 2 saturated heterocycles. The van der Waals surface area contributed by atoms with E-state index in [-0.39, 0.29) is 6.61 Å². The fraction of sp³-hybridized carbons (Fsp3) is 0.500. The molecule has 4 heteroatoms. The molecule has 0 aliphatic carbocycles. The fourth-order valence-electron chi connectivity index (χ4n) is 4.89. The number of nitrogens with zero attached hydrogens (tertiary/aromatic N) is 2. The molecule has 148 valence electrons. The standard InChI is InChI=1S/C24H30N2OS/c1-20-5-2-6-21(15-20)16-25-12-4-10-24(18-25)11-13-26(19-24)17-23-9-8-22(28-23)7-3-14-27/h2,5-6,8-9,15,27H,4,10-14,16-19H2,1H3. The van der Waals surface area contributed by atoms with Crippen molar-refractivity contribution in [1.29, 1.82) is 0 Å². The molecule has 0 saturated carbocycles. The van der Waals surface area contributed by atoms with Crippen LogP contribution in [0.4, 0.5) is 0 Å². The Morgan fingerprint density at radius 2 is 1.93 bits per heavy atom. The molecule has 2 fully saturated rings. The first-order chi connectivity index (χ1) is 13.6. The number of thiophene rings is 1. The number of hydrogen-bond donors (Lipinski definition) is 1. The minimum atomic E-state index is -0.0685. The first-order valence-corrected chi connectivity index (χ1v) is 11.1. The van der Waals surface area contributed by atoms with Crippen LogP contribution in [-0.4, -0.2) is 47.7 Å². The summed E-state index contributed by atoms with van der Waals surface area (Å²) in [4.78, 5) is 7.74. The Morgan fingerprint density at radius 3 is 2.75 bits per heavy atom. The topological polar surface area (TPSA) is 26.7 Å². The molecule has 3 nitrogen and oxygen atoms in total. The highest BCUT2D eigenvalue weighted by molar-refractivity contribution is 7.12. The normalized spacial score (nSPS) is 23.1. The number of aryl methyl sites for hydroxylation is 1. The van der Waals surface area contributed by atoms with Gasteiger partial charge in [-0.15, -0.1) is 11.3 Å². The van der Waals surface area contributed by atoms with Gasteiger partial charge in [0.2, 0.25) is 0 Å². The summed E-state index contributed by atoms with van der Waals surface area (Å²) >= 11 is 1.76. The van der Waals surface area contributed by atoms with Crippen LogP contribution in [0.2, 0.25) is 0 Å². The maximum atomic E-state index is 8.85. The van der Waals surface area contributed by atoms with E-state index in [9.17, 15) is 0 Å². The summed E-state index contributed by atoms with van der Waals surface area (Å²) in [5, 5.41) is 8.85. The van der Waals surface area contributed by atoms with Crippen LogP contribution in [0.5, 0.6) is 0 Å². The van der Waals surface area contributed by atoms with Crippen LogP contribution in [-0.2, 0) is 13.1 Å². The SMILES string of the molecule is Cc1cccc(CN2CCCC3(CCN(Cc4ccc(C#CCO)s4)C3)C2)c1. The molecule has 3 heterocycles. The molecule has 1 spiro atoms. The first-order valence-electron chi connectivity index (χ1n) is 10.3. The molecule has 2 aliphatic heterocycles. The van der Waals surface area contributed by atoms with Gasteiger partial charge in [0.05, 0.1) is 4.88 Å². The van der Waals surface area contributed by atoms with Crippen molar-refractivity contribution in [2.24, 2.45) is 5.41 Å². The molecule has 1 N–H and O–H groups in total. The van der Waals surface area contributed by atoms with E-state index in [0.29, 0.717) is 5.41 Å². The van der Waals surface area contributed by atoms with Crippen molar-refractivity contribution in [3.05, 3.63) is 57.3 Å². The summed E-state index contributed by atoms with van der Waals surface area (Å²) in [6, 6.07) is 13.2. The zero-order valence-corrected chi connectivity index (χ0v) is 17.6. The molecule has 0 amide bonds. The van der Waals surface area contributed by atoms with E-state index >= 15 is 0 Å². The third-order valence-corrected chi connectivity index (χ3v) is 7.06. The Labute approximate surface area is 173 Å². The van der Waals surface area contributed by atoms with Crippen LogP contribution in [0.15, 0.2) is 36.4 Å². The Morgan fingerprint density at radius 1 is 1.07 bits per heavy atom. The van der Waals surface area contributed by atoms with E-state index in [4.69, 9.17) is 5.11 Å². The number of piperidine rings is 1. The van der Waals surface area contributed by atoms with Crippen molar-refractivity contribution >= 4 is 11.3 Å². The minimum absolute atomic E-state index is 0.0685. The summed E-state index contributed by atoms with van der Waals surface area (Å²) in [6.07, 6.45) is 4.00. The van der Waals surface area contributed by atoms with Crippen molar-refractivity contribution < 1.29 is 5.11 Å². The second-order valence-electron chi connectivity index (χ2n) is 8.49. The van der Waals surface area contributed by atoms with Crippen LogP contribution in [0.25, 0.3) is 0 Å². The lowest BCUT2D eigenvalue weighted by Crippen LogP contribution is -2.44. The van der Waals surface area contributed by atoms with Gasteiger partial charge in [-0.2, -0.15) is 0 Å². The van der Waals surface area contributed by atoms with Crippen molar-refractivity contribution in [1.82, 2.24) is 9.80 Å². The summed E-state index contributed by atoms with van der Waals surface area (Å²) < 4.78 is 0. The lowest BCUT2D eigenvalue weighted by Gasteiger charge is -2.40. The number of hydrogen-bond acceptors (Lipinski definition) is 4. The molecule has 1 aromatic carbocycles. The summed E-state index contributed by atoms with van der Waals surface area (Å²) in [7, 11) is 0. The molecular weight excluding hydrogens is 364 g/mol. The van der Waals surface area contributed by atoms with Gasteiger partial charge in [-0.1, -0.05) is 41.7 Å². The summed E-state index contributed by atoms with van der Waals surface area (Å²) in [5.41, 5.74) is 3.27. The van der Waals surface area contributed by atoms with E-state index < -0.39 is 0 Å².